The number of hydrogen-bond acceptors (Lipinski definition) is 3. The van der Waals surface area contributed by atoms with E-state index in [1.165, 1.54) is 0 Å². The van der Waals surface area contributed by atoms with Gasteiger partial charge in [0.1, 0.15) is 6.04 Å². The normalized spacial score (nSPS) is 12.0. The molecule has 0 saturated heterocycles. The van der Waals surface area contributed by atoms with Gasteiger partial charge in [-0.1, -0.05) is 12.1 Å². The van der Waals surface area contributed by atoms with Crippen LogP contribution in [0.5, 0.6) is 0 Å². The van der Waals surface area contributed by atoms with E-state index < -0.39 is 11.9 Å². The highest BCUT2D eigenvalue weighted by Gasteiger charge is 2.12. The summed E-state index contributed by atoms with van der Waals surface area (Å²) in [6, 6.07) is 9.32. The summed E-state index contributed by atoms with van der Waals surface area (Å²) in [4.78, 5) is 22.6. The molecular weight excluding hydrogens is 292 g/mol. The maximum Gasteiger partial charge on any atom is 0.239 e. The Kier molecular flexibility index (Phi) is 5.16. The second-order valence-corrected chi connectivity index (χ2v) is 5.70. The third-order valence-electron chi connectivity index (χ3n) is 3.64. The number of primary amides is 1. The third-order valence-corrected chi connectivity index (χ3v) is 3.64. The van der Waals surface area contributed by atoms with Gasteiger partial charge in [-0.05, 0) is 51.0 Å². The summed E-state index contributed by atoms with van der Waals surface area (Å²) in [5, 5.41) is 7.01. The van der Waals surface area contributed by atoms with Crippen LogP contribution in [-0.2, 0) is 16.0 Å². The van der Waals surface area contributed by atoms with E-state index in [9.17, 15) is 9.59 Å². The number of aromatic nitrogens is 2. The lowest BCUT2D eigenvalue weighted by molar-refractivity contribution is -0.126. The van der Waals surface area contributed by atoms with Gasteiger partial charge in [0.2, 0.25) is 11.8 Å². The maximum atomic E-state index is 11.7. The van der Waals surface area contributed by atoms with Crippen LogP contribution in [0.15, 0.2) is 30.3 Å². The first-order valence-corrected chi connectivity index (χ1v) is 7.58. The van der Waals surface area contributed by atoms with E-state index in [4.69, 9.17) is 5.73 Å². The highest BCUT2D eigenvalue weighted by molar-refractivity contribution is 5.86. The summed E-state index contributed by atoms with van der Waals surface area (Å²) in [6.07, 6.45) is 0.922. The van der Waals surface area contributed by atoms with Crippen LogP contribution in [-0.4, -0.2) is 27.6 Å². The summed E-state index contributed by atoms with van der Waals surface area (Å²) < 4.78 is 1.89. The summed E-state index contributed by atoms with van der Waals surface area (Å²) >= 11 is 0. The molecule has 1 unspecified atom stereocenters. The van der Waals surface area contributed by atoms with Gasteiger partial charge in [0.15, 0.2) is 0 Å². The molecule has 3 N–H and O–H groups in total. The number of rotatable bonds is 6. The molecule has 6 heteroatoms. The van der Waals surface area contributed by atoms with Crippen molar-refractivity contribution in [3.63, 3.8) is 0 Å². The highest BCUT2D eigenvalue weighted by atomic mass is 16.2. The molecule has 2 rings (SSSR count). The van der Waals surface area contributed by atoms with Crippen LogP contribution < -0.4 is 11.1 Å². The van der Waals surface area contributed by atoms with E-state index in [0.29, 0.717) is 12.8 Å². The zero-order valence-electron chi connectivity index (χ0n) is 13.7. The monoisotopic (exact) mass is 314 g/mol. The molecule has 2 aromatic rings. The number of nitrogens with zero attached hydrogens (tertiary/aromatic N) is 2. The van der Waals surface area contributed by atoms with Crippen LogP contribution in [0.25, 0.3) is 5.69 Å². The SMILES string of the molecule is Cc1cc(C)n(-c2ccc(CCC(=O)NC(C)C(N)=O)cc2)n1. The molecule has 1 atom stereocenters. The largest absolute Gasteiger partial charge is 0.368 e. The first-order chi connectivity index (χ1) is 10.9. The van der Waals surface area contributed by atoms with Crippen LogP contribution >= 0.6 is 0 Å². The Bertz CT molecular complexity index is 704. The van der Waals surface area contributed by atoms with Gasteiger partial charge in [-0.15, -0.1) is 0 Å². The molecule has 1 heterocycles. The second kappa shape index (κ2) is 7.09. The number of nitrogens with two attached hydrogens (primary N) is 1. The minimum Gasteiger partial charge on any atom is -0.368 e. The molecule has 122 valence electrons. The zero-order valence-corrected chi connectivity index (χ0v) is 13.7. The number of aryl methyl sites for hydroxylation is 3. The third kappa shape index (κ3) is 4.42. The molecular formula is C17H22N4O2. The lowest BCUT2D eigenvalue weighted by Gasteiger charge is -2.10. The van der Waals surface area contributed by atoms with E-state index in [-0.39, 0.29) is 5.91 Å². The van der Waals surface area contributed by atoms with Gasteiger partial charge in [-0.2, -0.15) is 5.10 Å². The van der Waals surface area contributed by atoms with Crippen LogP contribution in [0.2, 0.25) is 0 Å². The molecule has 1 aromatic heterocycles. The maximum absolute atomic E-state index is 11.7. The summed E-state index contributed by atoms with van der Waals surface area (Å²) in [6.45, 7) is 5.55. The Morgan fingerprint density at radius 2 is 1.91 bits per heavy atom. The molecule has 1 aromatic carbocycles. The van der Waals surface area contributed by atoms with Gasteiger partial charge in [0.25, 0.3) is 0 Å². The van der Waals surface area contributed by atoms with Crippen LogP contribution in [0.1, 0.15) is 30.3 Å². The van der Waals surface area contributed by atoms with Crippen molar-refractivity contribution in [1.29, 1.82) is 0 Å². The van der Waals surface area contributed by atoms with Gasteiger partial charge < -0.3 is 11.1 Å². The van der Waals surface area contributed by atoms with Crippen LogP contribution in [0, 0.1) is 13.8 Å². The van der Waals surface area contributed by atoms with Crippen LogP contribution in [0.3, 0.4) is 0 Å². The van der Waals surface area contributed by atoms with Gasteiger partial charge in [-0.25, -0.2) is 4.68 Å². The van der Waals surface area contributed by atoms with Crippen LogP contribution in [0.4, 0.5) is 0 Å². The van der Waals surface area contributed by atoms with E-state index in [2.05, 4.69) is 10.4 Å². The molecule has 0 bridgehead atoms. The predicted octanol–water partition coefficient (Wildman–Crippen LogP) is 1.41. The number of nitrogens with one attached hydrogen (secondary N) is 1. The molecule has 0 aliphatic rings. The average Bonchev–Trinajstić information content (AvgIpc) is 2.84. The Morgan fingerprint density at radius 3 is 2.43 bits per heavy atom. The Balaban J connectivity index is 1.94. The fraction of sp³-hybridized carbons (Fsp3) is 0.353. The van der Waals surface area contributed by atoms with Crippen molar-refractivity contribution in [1.82, 2.24) is 15.1 Å². The van der Waals surface area contributed by atoms with Crippen molar-refractivity contribution < 1.29 is 9.59 Å². The fourth-order valence-corrected chi connectivity index (χ4v) is 2.34. The lowest BCUT2D eigenvalue weighted by Crippen LogP contribution is -2.42. The first kappa shape index (κ1) is 16.7. The van der Waals surface area contributed by atoms with Crippen molar-refractivity contribution >= 4 is 11.8 Å². The summed E-state index contributed by atoms with van der Waals surface area (Å²) in [5.41, 5.74) is 9.22. The van der Waals surface area contributed by atoms with Gasteiger partial charge in [-0.3, -0.25) is 9.59 Å². The molecule has 0 aliphatic carbocycles. The van der Waals surface area contributed by atoms with Crippen molar-refractivity contribution in [2.45, 2.75) is 39.7 Å². The second-order valence-electron chi connectivity index (χ2n) is 5.70. The quantitative estimate of drug-likeness (QED) is 0.844. The molecule has 0 saturated carbocycles. The average molecular weight is 314 g/mol. The van der Waals surface area contributed by atoms with Crippen molar-refractivity contribution in [3.05, 3.63) is 47.3 Å². The van der Waals surface area contributed by atoms with E-state index >= 15 is 0 Å². The van der Waals surface area contributed by atoms with Crippen molar-refractivity contribution in [2.75, 3.05) is 0 Å². The van der Waals surface area contributed by atoms with Gasteiger partial charge in [0.05, 0.1) is 11.4 Å². The Labute approximate surface area is 135 Å². The van der Waals surface area contributed by atoms with Gasteiger partial charge in [0, 0.05) is 12.1 Å². The minimum absolute atomic E-state index is 0.182. The smallest absolute Gasteiger partial charge is 0.239 e. The molecule has 6 nitrogen and oxygen atoms in total. The fourth-order valence-electron chi connectivity index (χ4n) is 2.34. The predicted molar refractivity (Wildman–Crippen MR) is 88.2 cm³/mol. The molecule has 0 spiro atoms. The summed E-state index contributed by atoms with van der Waals surface area (Å²) in [5.74, 6) is -0.716. The zero-order chi connectivity index (χ0) is 17.0. The number of hydrogen-bond donors (Lipinski definition) is 2. The highest BCUT2D eigenvalue weighted by Crippen LogP contribution is 2.14. The van der Waals surface area contributed by atoms with Crippen molar-refractivity contribution in [2.24, 2.45) is 5.73 Å². The number of amides is 2. The number of benzene rings is 1. The van der Waals surface area contributed by atoms with E-state index in [1.807, 2.05) is 48.9 Å². The lowest BCUT2D eigenvalue weighted by atomic mass is 10.1. The Hall–Kier alpha value is -2.63. The van der Waals surface area contributed by atoms with E-state index in [0.717, 1.165) is 22.6 Å². The summed E-state index contributed by atoms with van der Waals surface area (Å²) in [7, 11) is 0. The molecule has 0 fully saturated rings. The molecule has 23 heavy (non-hydrogen) atoms. The topological polar surface area (TPSA) is 90.0 Å². The number of carbonyl (C=O) groups is 2. The van der Waals surface area contributed by atoms with Crippen molar-refractivity contribution in [3.8, 4) is 5.69 Å². The van der Waals surface area contributed by atoms with E-state index in [1.54, 1.807) is 6.92 Å². The molecule has 0 aliphatic heterocycles. The number of carbonyl (C=O) groups excluding carboxylic acids is 2. The standard InChI is InChI=1S/C17H22N4O2/c1-11-10-12(2)21(20-11)15-7-4-14(5-8-15)6-9-16(22)19-13(3)17(18)23/h4-5,7-8,10,13H,6,9H2,1-3H3,(H2,18,23)(H,19,22). The van der Waals surface area contributed by atoms with Gasteiger partial charge >= 0.3 is 0 Å². The Morgan fingerprint density at radius 1 is 1.26 bits per heavy atom. The molecule has 2 amide bonds. The molecule has 0 radical (unpaired) electrons. The first-order valence-electron chi connectivity index (χ1n) is 7.58. The minimum atomic E-state index is -0.643.